The van der Waals surface area contributed by atoms with Crippen molar-refractivity contribution in [3.8, 4) is 0 Å². The van der Waals surface area contributed by atoms with Gasteiger partial charge in [-0.15, -0.1) is 0 Å². The molecule has 1 N–H and O–H groups in total. The fourth-order valence-electron chi connectivity index (χ4n) is 8.01. The molecule has 0 amide bonds. The molecule has 0 aromatic carbocycles. The van der Waals surface area contributed by atoms with Gasteiger partial charge in [-0.05, 0) is 92.3 Å². The highest BCUT2D eigenvalue weighted by Gasteiger charge is 2.61. The van der Waals surface area contributed by atoms with Crippen LogP contribution < -0.4 is 0 Å². The summed E-state index contributed by atoms with van der Waals surface area (Å²) in [5.41, 5.74) is 0.631. The average Bonchev–Trinajstić information content (AvgIpc) is 2.93. The lowest BCUT2D eigenvalue weighted by Crippen LogP contribution is -2.54. The smallest absolute Gasteiger partial charge is 0.162 e. The second kappa shape index (κ2) is 6.34. The molecule has 4 aliphatic carbocycles. The highest BCUT2D eigenvalue weighted by atomic mass is 16.5. The van der Waals surface area contributed by atoms with Crippen LogP contribution in [0.15, 0.2) is 0 Å². The molecule has 8 atom stereocenters. The van der Waals surface area contributed by atoms with Crippen molar-refractivity contribution >= 4 is 5.78 Å². The van der Waals surface area contributed by atoms with Crippen molar-refractivity contribution in [2.45, 2.75) is 77.7 Å². The van der Waals surface area contributed by atoms with Gasteiger partial charge in [-0.25, -0.2) is 0 Å². The lowest BCUT2D eigenvalue weighted by Gasteiger charge is -2.60. The zero-order chi connectivity index (χ0) is 17.8. The van der Waals surface area contributed by atoms with Crippen LogP contribution in [0.25, 0.3) is 0 Å². The van der Waals surface area contributed by atoms with Gasteiger partial charge in [-0.1, -0.05) is 13.8 Å². The fourth-order valence-corrected chi connectivity index (χ4v) is 8.01. The maximum atomic E-state index is 12.6. The molecule has 4 aliphatic rings. The first kappa shape index (κ1) is 18.0. The van der Waals surface area contributed by atoms with Gasteiger partial charge in [-0.3, -0.25) is 4.79 Å². The van der Waals surface area contributed by atoms with Crippen LogP contribution in [0.3, 0.4) is 0 Å². The molecule has 4 fully saturated rings. The molecular formula is C22H36O3. The molecule has 25 heavy (non-hydrogen) atoms. The third kappa shape index (κ3) is 2.64. The molecule has 0 aromatic rings. The minimum atomic E-state index is -0.0639. The summed E-state index contributed by atoms with van der Waals surface area (Å²) < 4.78 is 5.17. The lowest BCUT2D eigenvalue weighted by atomic mass is 9.44. The Labute approximate surface area is 152 Å². The number of methoxy groups -OCH3 is 1. The van der Waals surface area contributed by atoms with E-state index in [0.717, 1.165) is 37.0 Å². The number of aliphatic hydroxyl groups is 1. The Hall–Kier alpha value is -0.410. The molecule has 4 rings (SSSR count). The highest BCUT2D eigenvalue weighted by molar-refractivity contribution is 5.83. The summed E-state index contributed by atoms with van der Waals surface area (Å²) in [4.78, 5) is 12.6. The van der Waals surface area contributed by atoms with Crippen molar-refractivity contribution < 1.29 is 14.6 Å². The summed E-state index contributed by atoms with van der Waals surface area (Å²) in [6, 6.07) is 0. The number of fused-ring (bicyclic) bond motifs is 5. The molecule has 142 valence electrons. The molecule has 0 aliphatic heterocycles. The van der Waals surface area contributed by atoms with Crippen LogP contribution in [0.1, 0.15) is 71.6 Å². The minimum Gasteiger partial charge on any atom is -0.393 e. The zero-order valence-electron chi connectivity index (χ0n) is 16.3. The van der Waals surface area contributed by atoms with Gasteiger partial charge in [0.25, 0.3) is 0 Å². The number of hydrogen-bond acceptors (Lipinski definition) is 3. The standard InChI is InChI=1S/C22H36O3/c1-21-10-8-15(23)12-14(21)4-5-16-17-6-7-19(20(24)13-25-3)22(17,2)11-9-18(16)21/h14-19,23H,4-13H2,1-3H3/t14-,15+,16+,17+,18+,19-,21+,22+/m1/s1. The van der Waals surface area contributed by atoms with Crippen molar-refractivity contribution in [1.82, 2.24) is 0 Å². The Morgan fingerprint density at radius 3 is 2.48 bits per heavy atom. The Morgan fingerprint density at radius 2 is 1.72 bits per heavy atom. The average molecular weight is 349 g/mol. The molecular weight excluding hydrogens is 312 g/mol. The van der Waals surface area contributed by atoms with Crippen molar-refractivity contribution in [3.63, 3.8) is 0 Å². The number of ketones is 1. The van der Waals surface area contributed by atoms with E-state index in [0.29, 0.717) is 23.7 Å². The largest absolute Gasteiger partial charge is 0.393 e. The minimum absolute atomic E-state index is 0.0639. The predicted molar refractivity (Wildman–Crippen MR) is 98.1 cm³/mol. The normalized spacial score (nSPS) is 52.2. The molecule has 4 saturated carbocycles. The van der Waals surface area contributed by atoms with Crippen LogP contribution in [0, 0.1) is 40.4 Å². The van der Waals surface area contributed by atoms with Gasteiger partial charge in [0, 0.05) is 13.0 Å². The quantitative estimate of drug-likeness (QED) is 0.830. The van der Waals surface area contributed by atoms with Crippen LogP contribution in [0.5, 0.6) is 0 Å². The second-order valence-corrected chi connectivity index (χ2v) is 10.2. The van der Waals surface area contributed by atoms with Crippen molar-refractivity contribution in [1.29, 1.82) is 0 Å². The topological polar surface area (TPSA) is 46.5 Å². The molecule has 0 aromatic heterocycles. The second-order valence-electron chi connectivity index (χ2n) is 10.2. The number of carbonyl (C=O) groups excluding carboxylic acids is 1. The molecule has 0 radical (unpaired) electrons. The van der Waals surface area contributed by atoms with Crippen LogP contribution in [0.2, 0.25) is 0 Å². The van der Waals surface area contributed by atoms with Crippen molar-refractivity contribution in [3.05, 3.63) is 0 Å². The van der Waals surface area contributed by atoms with E-state index >= 15 is 0 Å². The van der Waals surface area contributed by atoms with E-state index in [1.165, 1.54) is 38.5 Å². The number of carbonyl (C=O) groups is 1. The summed E-state index contributed by atoms with van der Waals surface area (Å²) in [6.07, 6.45) is 10.6. The summed E-state index contributed by atoms with van der Waals surface area (Å²) in [7, 11) is 1.64. The number of hydrogen-bond donors (Lipinski definition) is 1. The van der Waals surface area contributed by atoms with E-state index in [2.05, 4.69) is 13.8 Å². The van der Waals surface area contributed by atoms with Crippen molar-refractivity contribution in [2.24, 2.45) is 40.4 Å². The number of Topliss-reactive ketones (excluding diaryl/α,β-unsaturated/α-hetero) is 1. The van der Waals surface area contributed by atoms with Crippen LogP contribution in [-0.4, -0.2) is 30.7 Å². The molecule has 3 nitrogen and oxygen atoms in total. The third-order valence-electron chi connectivity index (χ3n) is 9.31. The first-order chi connectivity index (χ1) is 11.9. The molecule has 0 heterocycles. The van der Waals surface area contributed by atoms with E-state index in [9.17, 15) is 9.90 Å². The SMILES string of the molecule is COCC(=O)[C@H]1CC[C@H]2[C@@H]3CC[C@@H]4C[C@@H](O)CC[C@]4(C)[C@H]3CC[C@]12C. The zero-order valence-corrected chi connectivity index (χ0v) is 16.3. The number of aliphatic hydroxyl groups excluding tert-OH is 1. The Bertz CT molecular complexity index is 531. The van der Waals surface area contributed by atoms with Crippen LogP contribution in [0.4, 0.5) is 0 Å². The monoisotopic (exact) mass is 348 g/mol. The molecule has 0 unspecified atom stereocenters. The van der Waals surface area contributed by atoms with E-state index in [-0.39, 0.29) is 17.4 Å². The van der Waals surface area contributed by atoms with Gasteiger partial charge >= 0.3 is 0 Å². The molecule has 3 heteroatoms. The summed E-state index contributed by atoms with van der Waals surface area (Å²) in [5, 5.41) is 10.1. The molecule has 0 spiro atoms. The van der Waals surface area contributed by atoms with Gasteiger partial charge in [0.05, 0.1) is 6.10 Å². The van der Waals surface area contributed by atoms with Crippen molar-refractivity contribution in [2.75, 3.05) is 13.7 Å². The van der Waals surface area contributed by atoms with E-state index in [1.807, 2.05) is 0 Å². The summed E-state index contributed by atoms with van der Waals surface area (Å²) >= 11 is 0. The fraction of sp³-hybridized carbons (Fsp3) is 0.955. The van der Waals surface area contributed by atoms with E-state index in [4.69, 9.17) is 4.74 Å². The molecule has 0 saturated heterocycles. The maximum Gasteiger partial charge on any atom is 0.162 e. The third-order valence-corrected chi connectivity index (χ3v) is 9.31. The Kier molecular flexibility index (Phi) is 4.56. The van der Waals surface area contributed by atoms with Gasteiger partial charge in [0.2, 0.25) is 0 Å². The Morgan fingerprint density at radius 1 is 1.00 bits per heavy atom. The van der Waals surface area contributed by atoms with Gasteiger partial charge in [0.15, 0.2) is 5.78 Å². The predicted octanol–water partition coefficient (Wildman–Crippen LogP) is 4.22. The summed E-state index contributed by atoms with van der Waals surface area (Å²) in [6.45, 7) is 5.24. The maximum absolute atomic E-state index is 12.6. The van der Waals surface area contributed by atoms with Gasteiger partial charge in [-0.2, -0.15) is 0 Å². The Balaban J connectivity index is 1.57. The van der Waals surface area contributed by atoms with Gasteiger partial charge in [0.1, 0.15) is 6.61 Å². The van der Waals surface area contributed by atoms with Crippen LogP contribution in [-0.2, 0) is 9.53 Å². The van der Waals surface area contributed by atoms with E-state index < -0.39 is 0 Å². The lowest BCUT2D eigenvalue weighted by molar-refractivity contribution is -0.142. The highest BCUT2D eigenvalue weighted by Crippen LogP contribution is 2.67. The molecule has 0 bridgehead atoms. The number of ether oxygens (including phenoxy) is 1. The van der Waals surface area contributed by atoms with Gasteiger partial charge < -0.3 is 9.84 Å². The summed E-state index contributed by atoms with van der Waals surface area (Å²) in [5.74, 6) is 3.61. The van der Waals surface area contributed by atoms with E-state index in [1.54, 1.807) is 7.11 Å². The number of rotatable bonds is 3. The first-order valence-corrected chi connectivity index (χ1v) is 10.6. The van der Waals surface area contributed by atoms with Crippen LogP contribution >= 0.6 is 0 Å². The first-order valence-electron chi connectivity index (χ1n) is 10.6.